The molecule has 1 aliphatic carbocycles. The Bertz CT molecular complexity index is 490. The van der Waals surface area contributed by atoms with E-state index in [1.165, 1.54) is 12.0 Å². The molecule has 110 valence electrons. The zero-order valence-corrected chi connectivity index (χ0v) is 12.3. The fourth-order valence-corrected chi connectivity index (χ4v) is 4.13. The van der Waals surface area contributed by atoms with Gasteiger partial charge in [0.2, 0.25) is 0 Å². The van der Waals surface area contributed by atoms with E-state index in [0.29, 0.717) is 13.2 Å². The molecule has 3 rings (SSSR count). The highest BCUT2D eigenvalue weighted by Gasteiger charge is 2.55. The minimum atomic E-state index is -0.701. The monoisotopic (exact) mass is 275 g/mol. The molecule has 0 radical (unpaired) electrons. The molecular formula is C17H25NO2. The van der Waals surface area contributed by atoms with Gasteiger partial charge in [-0.2, -0.15) is 0 Å². The van der Waals surface area contributed by atoms with Crippen LogP contribution >= 0.6 is 0 Å². The molecule has 1 heterocycles. The van der Waals surface area contributed by atoms with Crippen LogP contribution in [-0.4, -0.2) is 23.9 Å². The summed E-state index contributed by atoms with van der Waals surface area (Å²) >= 11 is 0. The van der Waals surface area contributed by atoms with Crippen molar-refractivity contribution in [3.8, 4) is 5.75 Å². The van der Waals surface area contributed by atoms with Crippen LogP contribution in [-0.2, 0) is 6.42 Å². The predicted molar refractivity (Wildman–Crippen MR) is 79.7 cm³/mol. The number of hydrogen-bond donors (Lipinski definition) is 2. The van der Waals surface area contributed by atoms with Crippen LogP contribution in [0.25, 0.3) is 0 Å². The molecule has 0 spiro atoms. The molecule has 0 aromatic heterocycles. The molecular weight excluding hydrogens is 250 g/mol. The summed E-state index contributed by atoms with van der Waals surface area (Å²) in [6.45, 7) is 3.17. The standard InChI is InChI=1S/C17H25NO2/c1-13-6-4-5-9-17(13,19)16(11-18)10-14-7-2-3-8-15(14)20-12-16/h2-3,7-8,13,19H,4-6,9-12,18H2,1H3. The van der Waals surface area contributed by atoms with Crippen molar-refractivity contribution in [3.63, 3.8) is 0 Å². The molecule has 0 bridgehead atoms. The van der Waals surface area contributed by atoms with E-state index in [2.05, 4.69) is 13.0 Å². The maximum Gasteiger partial charge on any atom is 0.122 e. The fourth-order valence-electron chi connectivity index (χ4n) is 4.13. The maximum atomic E-state index is 11.4. The van der Waals surface area contributed by atoms with Crippen LogP contribution in [0.1, 0.15) is 38.2 Å². The predicted octanol–water partition coefficient (Wildman–Crippen LogP) is 2.51. The Morgan fingerprint density at radius 1 is 1.35 bits per heavy atom. The van der Waals surface area contributed by atoms with Crippen molar-refractivity contribution in [3.05, 3.63) is 29.8 Å². The lowest BCUT2D eigenvalue weighted by Gasteiger charge is -2.53. The first-order valence-corrected chi connectivity index (χ1v) is 7.74. The molecule has 1 aromatic carbocycles. The van der Waals surface area contributed by atoms with Gasteiger partial charge in [0, 0.05) is 12.0 Å². The molecule has 1 aromatic rings. The quantitative estimate of drug-likeness (QED) is 0.872. The zero-order valence-electron chi connectivity index (χ0n) is 12.3. The highest BCUT2D eigenvalue weighted by molar-refractivity contribution is 5.37. The smallest absolute Gasteiger partial charge is 0.122 e. The summed E-state index contributed by atoms with van der Waals surface area (Å²) in [7, 11) is 0. The first-order chi connectivity index (χ1) is 9.61. The number of fused-ring (bicyclic) bond motifs is 1. The SMILES string of the molecule is CC1CCCCC1(O)C1(CN)COc2ccccc2C1. The van der Waals surface area contributed by atoms with E-state index >= 15 is 0 Å². The normalized spacial score (nSPS) is 37.0. The Labute approximate surface area is 121 Å². The molecule has 1 aliphatic heterocycles. The van der Waals surface area contributed by atoms with Gasteiger partial charge in [-0.05, 0) is 36.8 Å². The van der Waals surface area contributed by atoms with Gasteiger partial charge in [-0.25, -0.2) is 0 Å². The second kappa shape index (κ2) is 5.05. The molecule has 20 heavy (non-hydrogen) atoms. The lowest BCUT2D eigenvalue weighted by molar-refractivity contribution is -0.157. The fraction of sp³-hybridized carbons (Fsp3) is 0.647. The first-order valence-electron chi connectivity index (χ1n) is 7.74. The Morgan fingerprint density at radius 2 is 2.15 bits per heavy atom. The molecule has 1 fully saturated rings. The Hall–Kier alpha value is -1.06. The number of ether oxygens (including phenoxy) is 1. The van der Waals surface area contributed by atoms with Gasteiger partial charge >= 0.3 is 0 Å². The second-order valence-corrected chi connectivity index (χ2v) is 6.63. The number of aliphatic hydroxyl groups is 1. The van der Waals surface area contributed by atoms with Crippen molar-refractivity contribution in [2.75, 3.05) is 13.2 Å². The average Bonchev–Trinajstić information content (AvgIpc) is 2.49. The zero-order chi connectivity index (χ0) is 14.2. The van der Waals surface area contributed by atoms with Crippen molar-refractivity contribution in [2.45, 2.75) is 44.6 Å². The second-order valence-electron chi connectivity index (χ2n) is 6.63. The van der Waals surface area contributed by atoms with Gasteiger partial charge in [0.05, 0.1) is 12.2 Å². The highest BCUT2D eigenvalue weighted by Crippen LogP contribution is 2.50. The van der Waals surface area contributed by atoms with Crippen molar-refractivity contribution in [1.82, 2.24) is 0 Å². The van der Waals surface area contributed by atoms with Crippen LogP contribution in [0.15, 0.2) is 24.3 Å². The summed E-state index contributed by atoms with van der Waals surface area (Å²) in [4.78, 5) is 0. The topological polar surface area (TPSA) is 55.5 Å². The van der Waals surface area contributed by atoms with Gasteiger partial charge in [-0.3, -0.25) is 0 Å². The van der Waals surface area contributed by atoms with Crippen LogP contribution in [0.3, 0.4) is 0 Å². The molecule has 3 atom stereocenters. The van der Waals surface area contributed by atoms with Crippen LogP contribution in [0, 0.1) is 11.3 Å². The molecule has 3 unspecified atom stereocenters. The number of hydrogen-bond acceptors (Lipinski definition) is 3. The van der Waals surface area contributed by atoms with Crippen molar-refractivity contribution in [1.29, 1.82) is 0 Å². The van der Waals surface area contributed by atoms with E-state index in [9.17, 15) is 5.11 Å². The average molecular weight is 275 g/mol. The Morgan fingerprint density at radius 3 is 2.90 bits per heavy atom. The van der Waals surface area contributed by atoms with Gasteiger partial charge in [-0.1, -0.05) is 38.0 Å². The van der Waals surface area contributed by atoms with Gasteiger partial charge in [0.15, 0.2) is 0 Å². The Balaban J connectivity index is 1.97. The summed E-state index contributed by atoms with van der Waals surface area (Å²) in [6, 6.07) is 8.12. The summed E-state index contributed by atoms with van der Waals surface area (Å²) in [6.07, 6.45) is 5.04. The minimum absolute atomic E-state index is 0.286. The van der Waals surface area contributed by atoms with Crippen LogP contribution < -0.4 is 10.5 Å². The minimum Gasteiger partial charge on any atom is -0.493 e. The third kappa shape index (κ3) is 1.95. The lowest BCUT2D eigenvalue weighted by Crippen LogP contribution is -2.62. The number of nitrogens with two attached hydrogens (primary N) is 1. The third-order valence-electron chi connectivity index (χ3n) is 5.57. The van der Waals surface area contributed by atoms with E-state index in [1.807, 2.05) is 18.2 Å². The van der Waals surface area contributed by atoms with Gasteiger partial charge in [0.1, 0.15) is 5.75 Å². The van der Waals surface area contributed by atoms with E-state index in [1.54, 1.807) is 0 Å². The van der Waals surface area contributed by atoms with E-state index in [0.717, 1.165) is 31.4 Å². The number of rotatable bonds is 2. The van der Waals surface area contributed by atoms with Crippen molar-refractivity contribution < 1.29 is 9.84 Å². The maximum absolute atomic E-state index is 11.4. The summed E-state index contributed by atoms with van der Waals surface area (Å²) < 4.78 is 5.96. The lowest BCUT2D eigenvalue weighted by atomic mass is 9.58. The molecule has 3 heteroatoms. The summed E-state index contributed by atoms with van der Waals surface area (Å²) in [5, 5.41) is 11.4. The Kier molecular flexibility index (Phi) is 3.51. The molecule has 3 nitrogen and oxygen atoms in total. The van der Waals surface area contributed by atoms with Crippen molar-refractivity contribution in [2.24, 2.45) is 17.1 Å². The molecule has 0 saturated heterocycles. The summed E-state index contributed by atoms with van der Waals surface area (Å²) in [5.74, 6) is 1.23. The summed E-state index contributed by atoms with van der Waals surface area (Å²) in [5.41, 5.74) is 6.26. The van der Waals surface area contributed by atoms with E-state index in [4.69, 9.17) is 10.5 Å². The third-order valence-corrected chi connectivity index (χ3v) is 5.57. The van der Waals surface area contributed by atoms with E-state index < -0.39 is 5.60 Å². The van der Waals surface area contributed by atoms with E-state index in [-0.39, 0.29) is 11.3 Å². The highest BCUT2D eigenvalue weighted by atomic mass is 16.5. The van der Waals surface area contributed by atoms with Gasteiger partial charge in [0.25, 0.3) is 0 Å². The number of benzene rings is 1. The first kappa shape index (κ1) is 13.9. The molecule has 1 saturated carbocycles. The number of para-hydroxylation sites is 1. The largest absolute Gasteiger partial charge is 0.493 e. The van der Waals surface area contributed by atoms with Gasteiger partial charge in [-0.15, -0.1) is 0 Å². The van der Waals surface area contributed by atoms with Crippen LogP contribution in [0.5, 0.6) is 5.75 Å². The molecule has 0 amide bonds. The molecule has 2 aliphatic rings. The van der Waals surface area contributed by atoms with Crippen LogP contribution in [0.4, 0.5) is 0 Å². The van der Waals surface area contributed by atoms with Crippen molar-refractivity contribution >= 4 is 0 Å². The van der Waals surface area contributed by atoms with Crippen LogP contribution in [0.2, 0.25) is 0 Å². The molecule has 3 N–H and O–H groups in total. The van der Waals surface area contributed by atoms with Gasteiger partial charge < -0.3 is 15.6 Å².